The van der Waals surface area contributed by atoms with Crippen LogP contribution in [0.1, 0.15) is 26.2 Å². The molecule has 2 nitrogen and oxygen atoms in total. The molecule has 1 radical (unpaired) electrons. The van der Waals surface area contributed by atoms with Gasteiger partial charge >= 0.3 is 0 Å². The number of unbranched alkanes of at least 4 members (excludes halogenated alkanes) is 2. The van der Waals surface area contributed by atoms with Crippen LogP contribution in [-0.2, 0) is 9.53 Å². The summed E-state index contributed by atoms with van der Waals surface area (Å²) in [7, 11) is 0. The third-order valence-electron chi connectivity index (χ3n) is 1.05. The second-order valence-corrected chi connectivity index (χ2v) is 1.90. The summed E-state index contributed by atoms with van der Waals surface area (Å²) in [5.74, 6) is 0. The van der Waals surface area contributed by atoms with Crippen LogP contribution in [0.4, 0.5) is 0 Å². The van der Waals surface area contributed by atoms with E-state index in [2.05, 4.69) is 6.92 Å². The molecule has 53 valence electrons. The van der Waals surface area contributed by atoms with Gasteiger partial charge in [0.25, 0.3) is 0 Å². The Bertz CT molecular complexity index is 61.9. The molecule has 0 saturated carbocycles. The zero-order chi connectivity index (χ0) is 6.95. The molecule has 0 saturated heterocycles. The molecule has 0 aliphatic carbocycles. The summed E-state index contributed by atoms with van der Waals surface area (Å²) >= 11 is 0. The van der Waals surface area contributed by atoms with E-state index < -0.39 is 0 Å². The van der Waals surface area contributed by atoms with Gasteiger partial charge < -0.3 is 4.74 Å². The van der Waals surface area contributed by atoms with Crippen molar-refractivity contribution >= 4 is 6.29 Å². The first-order valence-electron chi connectivity index (χ1n) is 3.34. The molecular formula is C7H13O2. The number of ether oxygens (including phenoxy) is 1. The van der Waals surface area contributed by atoms with Crippen LogP contribution < -0.4 is 0 Å². The topological polar surface area (TPSA) is 26.3 Å². The maximum atomic E-state index is 9.59. The minimum absolute atomic E-state index is 0.129. The van der Waals surface area contributed by atoms with Gasteiger partial charge in [-0.15, -0.1) is 0 Å². The maximum Gasteiger partial charge on any atom is 0.226 e. The molecule has 0 aliphatic rings. The van der Waals surface area contributed by atoms with Crippen LogP contribution in [-0.4, -0.2) is 19.5 Å². The molecule has 0 aromatic rings. The minimum Gasteiger partial charge on any atom is -0.373 e. The Balaban J connectivity index is 2.66. The molecule has 0 unspecified atom stereocenters. The van der Waals surface area contributed by atoms with E-state index in [9.17, 15) is 4.79 Å². The van der Waals surface area contributed by atoms with Crippen molar-refractivity contribution in [2.24, 2.45) is 0 Å². The summed E-state index contributed by atoms with van der Waals surface area (Å²) in [5, 5.41) is 0. The molecular weight excluding hydrogens is 116 g/mol. The first-order valence-corrected chi connectivity index (χ1v) is 3.34. The van der Waals surface area contributed by atoms with Gasteiger partial charge in [-0.3, -0.25) is 4.79 Å². The van der Waals surface area contributed by atoms with Gasteiger partial charge in [-0.2, -0.15) is 0 Å². The van der Waals surface area contributed by atoms with E-state index in [1.165, 1.54) is 12.8 Å². The summed E-state index contributed by atoms with van der Waals surface area (Å²) in [6.07, 6.45) is 5.09. The van der Waals surface area contributed by atoms with Gasteiger partial charge in [0.1, 0.15) is 6.61 Å². The van der Waals surface area contributed by atoms with Crippen molar-refractivity contribution in [2.45, 2.75) is 26.2 Å². The van der Waals surface area contributed by atoms with E-state index in [0.717, 1.165) is 6.42 Å². The van der Waals surface area contributed by atoms with Crippen LogP contribution in [0.15, 0.2) is 0 Å². The summed E-state index contributed by atoms with van der Waals surface area (Å²) < 4.78 is 4.86. The molecule has 0 bridgehead atoms. The molecule has 0 fully saturated rings. The van der Waals surface area contributed by atoms with Crippen LogP contribution in [0, 0.1) is 0 Å². The molecule has 9 heavy (non-hydrogen) atoms. The predicted octanol–water partition coefficient (Wildman–Crippen LogP) is 1.30. The molecule has 0 heterocycles. The smallest absolute Gasteiger partial charge is 0.226 e. The van der Waals surface area contributed by atoms with E-state index in [-0.39, 0.29) is 6.61 Å². The van der Waals surface area contributed by atoms with E-state index in [1.54, 1.807) is 6.29 Å². The van der Waals surface area contributed by atoms with Crippen LogP contribution in [0.5, 0.6) is 0 Å². The Kier molecular flexibility index (Phi) is 7.32. The molecule has 0 N–H and O–H groups in total. The quantitative estimate of drug-likeness (QED) is 0.505. The Morgan fingerprint density at radius 2 is 2.22 bits per heavy atom. The number of hydrogen-bond donors (Lipinski definition) is 0. The van der Waals surface area contributed by atoms with Crippen LogP contribution in [0.2, 0.25) is 0 Å². The van der Waals surface area contributed by atoms with Gasteiger partial charge in [-0.25, -0.2) is 0 Å². The SMILES string of the molecule is CCCCCOC[C]=O. The van der Waals surface area contributed by atoms with Crippen LogP contribution in [0.3, 0.4) is 0 Å². The summed E-state index contributed by atoms with van der Waals surface area (Å²) in [4.78, 5) is 9.59. The van der Waals surface area contributed by atoms with E-state index in [4.69, 9.17) is 4.74 Å². The Morgan fingerprint density at radius 1 is 1.44 bits per heavy atom. The summed E-state index contributed by atoms with van der Waals surface area (Å²) in [6.45, 7) is 2.96. The van der Waals surface area contributed by atoms with Crippen molar-refractivity contribution in [3.05, 3.63) is 0 Å². The standard InChI is InChI=1S/C7H13O2/c1-2-3-4-6-9-7-5-8/h2-4,6-7H2,1H3. The van der Waals surface area contributed by atoms with Crippen molar-refractivity contribution in [3.63, 3.8) is 0 Å². The lowest BCUT2D eigenvalue weighted by Gasteiger charge is -1.95. The van der Waals surface area contributed by atoms with Gasteiger partial charge in [0.2, 0.25) is 6.29 Å². The Labute approximate surface area is 56.2 Å². The molecule has 0 spiro atoms. The third kappa shape index (κ3) is 7.63. The van der Waals surface area contributed by atoms with Crippen molar-refractivity contribution in [1.29, 1.82) is 0 Å². The van der Waals surface area contributed by atoms with Gasteiger partial charge in [0, 0.05) is 6.61 Å². The van der Waals surface area contributed by atoms with Gasteiger partial charge in [0.05, 0.1) is 0 Å². The summed E-state index contributed by atoms with van der Waals surface area (Å²) in [6, 6.07) is 0. The van der Waals surface area contributed by atoms with Gasteiger partial charge in [-0.1, -0.05) is 19.8 Å². The molecule has 0 aromatic carbocycles. The zero-order valence-corrected chi connectivity index (χ0v) is 5.85. The van der Waals surface area contributed by atoms with Crippen molar-refractivity contribution in [3.8, 4) is 0 Å². The normalized spacial score (nSPS) is 9.44. The Hall–Kier alpha value is -0.370. The largest absolute Gasteiger partial charge is 0.373 e. The fraction of sp³-hybridized carbons (Fsp3) is 0.857. The van der Waals surface area contributed by atoms with E-state index in [1.807, 2.05) is 0 Å². The molecule has 0 aliphatic heterocycles. The van der Waals surface area contributed by atoms with Gasteiger partial charge in [-0.05, 0) is 6.42 Å². The molecule has 0 amide bonds. The highest BCUT2D eigenvalue weighted by Gasteiger charge is 1.85. The fourth-order valence-corrected chi connectivity index (χ4v) is 0.568. The highest BCUT2D eigenvalue weighted by atomic mass is 16.5. The minimum atomic E-state index is 0.129. The van der Waals surface area contributed by atoms with E-state index in [0.29, 0.717) is 6.61 Å². The van der Waals surface area contributed by atoms with Crippen molar-refractivity contribution in [1.82, 2.24) is 0 Å². The molecule has 2 heteroatoms. The highest BCUT2D eigenvalue weighted by molar-refractivity contribution is 5.51. The molecule has 0 aromatic heterocycles. The number of carbonyl (C=O) groups excluding carboxylic acids is 1. The maximum absolute atomic E-state index is 9.59. The highest BCUT2D eigenvalue weighted by Crippen LogP contribution is 1.92. The van der Waals surface area contributed by atoms with Crippen LogP contribution >= 0.6 is 0 Å². The monoisotopic (exact) mass is 129 g/mol. The summed E-state index contributed by atoms with van der Waals surface area (Å²) in [5.41, 5.74) is 0. The average molecular weight is 129 g/mol. The lowest BCUT2D eigenvalue weighted by Crippen LogP contribution is -1.96. The first kappa shape index (κ1) is 8.63. The predicted molar refractivity (Wildman–Crippen MR) is 36.0 cm³/mol. The lowest BCUT2D eigenvalue weighted by molar-refractivity contribution is 0.164. The van der Waals surface area contributed by atoms with Crippen molar-refractivity contribution < 1.29 is 9.53 Å². The van der Waals surface area contributed by atoms with E-state index >= 15 is 0 Å². The first-order chi connectivity index (χ1) is 4.41. The number of hydrogen-bond acceptors (Lipinski definition) is 2. The Morgan fingerprint density at radius 3 is 2.78 bits per heavy atom. The second-order valence-electron chi connectivity index (χ2n) is 1.90. The zero-order valence-electron chi connectivity index (χ0n) is 5.85. The third-order valence-corrected chi connectivity index (χ3v) is 1.05. The van der Waals surface area contributed by atoms with Gasteiger partial charge in [0.15, 0.2) is 0 Å². The van der Waals surface area contributed by atoms with Crippen molar-refractivity contribution in [2.75, 3.05) is 13.2 Å². The average Bonchev–Trinajstić information content (AvgIpc) is 1.89. The fourth-order valence-electron chi connectivity index (χ4n) is 0.568. The lowest BCUT2D eigenvalue weighted by atomic mass is 10.3. The number of rotatable bonds is 6. The van der Waals surface area contributed by atoms with Crippen LogP contribution in [0.25, 0.3) is 0 Å². The second kappa shape index (κ2) is 7.63. The molecule has 0 atom stereocenters. The molecule has 0 rings (SSSR count).